The number of carbonyl (C=O) groups is 1. The summed E-state index contributed by atoms with van der Waals surface area (Å²) in [6.07, 6.45) is -0.634. The van der Waals surface area contributed by atoms with Crippen molar-refractivity contribution in [3.8, 4) is 0 Å². The van der Waals surface area contributed by atoms with Crippen LogP contribution in [0.1, 0.15) is 13.8 Å². The Morgan fingerprint density at radius 3 is 2.50 bits per heavy atom. The molecule has 0 radical (unpaired) electrons. The average Bonchev–Trinajstić information content (AvgIpc) is 1.85. The third-order valence-corrected chi connectivity index (χ3v) is 0.699. The summed E-state index contributed by atoms with van der Waals surface area (Å²) >= 11 is 0. The summed E-state index contributed by atoms with van der Waals surface area (Å²) < 4.78 is 9.07. The molecule has 0 aliphatic carbocycles. The molecule has 0 atom stereocenters. The number of rotatable bonds is 3. The zero-order valence-electron chi connectivity index (χ0n) is 6.35. The van der Waals surface area contributed by atoms with E-state index in [9.17, 15) is 4.79 Å². The van der Waals surface area contributed by atoms with Crippen LogP contribution >= 0.6 is 0 Å². The molecule has 3 heteroatoms. The molecule has 0 aromatic rings. The predicted octanol–water partition coefficient (Wildman–Crippen LogP) is 1.74. The van der Waals surface area contributed by atoms with Gasteiger partial charge in [-0.05, 0) is 19.4 Å². The minimum Gasteiger partial charge on any atom is -0.435 e. The molecule has 0 aromatic carbocycles. The third kappa shape index (κ3) is 5.15. The molecule has 0 bridgehead atoms. The molecular formula is C7H12O3. The van der Waals surface area contributed by atoms with E-state index < -0.39 is 6.16 Å². The summed E-state index contributed by atoms with van der Waals surface area (Å²) in [6, 6.07) is 0. The summed E-state index contributed by atoms with van der Waals surface area (Å²) in [7, 11) is 0. The van der Waals surface area contributed by atoms with E-state index in [1.54, 1.807) is 13.8 Å². The van der Waals surface area contributed by atoms with E-state index in [2.05, 4.69) is 16.1 Å². The van der Waals surface area contributed by atoms with Crippen LogP contribution in [-0.2, 0) is 9.47 Å². The molecule has 58 valence electrons. The monoisotopic (exact) mass is 144 g/mol. The number of hydrogen-bond acceptors (Lipinski definition) is 3. The first kappa shape index (κ1) is 9.01. The van der Waals surface area contributed by atoms with E-state index in [4.69, 9.17) is 0 Å². The van der Waals surface area contributed by atoms with Crippen LogP contribution in [0, 0.1) is 0 Å². The van der Waals surface area contributed by atoms with Gasteiger partial charge >= 0.3 is 6.16 Å². The highest BCUT2D eigenvalue weighted by Gasteiger charge is 1.99. The maximum Gasteiger partial charge on any atom is 0.508 e. The summed E-state index contributed by atoms with van der Waals surface area (Å²) in [5, 5.41) is 0. The lowest BCUT2D eigenvalue weighted by atomic mass is 10.4. The SMILES string of the molecule is C=C(C)COC(=O)OCC. The van der Waals surface area contributed by atoms with Gasteiger partial charge in [-0.2, -0.15) is 0 Å². The largest absolute Gasteiger partial charge is 0.508 e. The van der Waals surface area contributed by atoms with Crippen LogP contribution in [0.5, 0.6) is 0 Å². The maximum atomic E-state index is 10.5. The van der Waals surface area contributed by atoms with Gasteiger partial charge in [0, 0.05) is 0 Å². The van der Waals surface area contributed by atoms with E-state index in [-0.39, 0.29) is 6.61 Å². The highest BCUT2D eigenvalue weighted by molar-refractivity contribution is 5.59. The summed E-state index contributed by atoms with van der Waals surface area (Å²) in [4.78, 5) is 10.5. The summed E-state index contributed by atoms with van der Waals surface area (Å²) in [5.74, 6) is 0. The van der Waals surface area contributed by atoms with Crippen LogP contribution in [0.25, 0.3) is 0 Å². The zero-order valence-corrected chi connectivity index (χ0v) is 6.35. The fourth-order valence-electron chi connectivity index (χ4n) is 0.342. The van der Waals surface area contributed by atoms with Gasteiger partial charge in [-0.3, -0.25) is 0 Å². The minimum atomic E-state index is -0.634. The van der Waals surface area contributed by atoms with E-state index in [1.165, 1.54) is 0 Å². The van der Waals surface area contributed by atoms with Gasteiger partial charge in [-0.15, -0.1) is 0 Å². The fourth-order valence-corrected chi connectivity index (χ4v) is 0.342. The molecule has 0 N–H and O–H groups in total. The Kier molecular flexibility index (Phi) is 4.37. The van der Waals surface area contributed by atoms with Gasteiger partial charge in [-0.1, -0.05) is 6.58 Å². The lowest BCUT2D eigenvalue weighted by Crippen LogP contribution is -2.08. The molecular weight excluding hydrogens is 132 g/mol. The fraction of sp³-hybridized carbons (Fsp3) is 0.571. The van der Waals surface area contributed by atoms with Crippen molar-refractivity contribution in [1.29, 1.82) is 0 Å². The highest BCUT2D eigenvalue weighted by atomic mass is 16.7. The molecule has 0 aliphatic rings. The van der Waals surface area contributed by atoms with Gasteiger partial charge in [0.1, 0.15) is 6.61 Å². The predicted molar refractivity (Wildman–Crippen MR) is 37.8 cm³/mol. The van der Waals surface area contributed by atoms with E-state index in [1.807, 2.05) is 0 Å². The molecule has 0 aliphatic heterocycles. The van der Waals surface area contributed by atoms with E-state index in [0.29, 0.717) is 6.61 Å². The standard InChI is InChI=1S/C7H12O3/c1-4-9-7(8)10-5-6(2)3/h2,4-5H2,1,3H3. The first-order valence-electron chi connectivity index (χ1n) is 3.10. The quantitative estimate of drug-likeness (QED) is 0.447. The zero-order chi connectivity index (χ0) is 7.98. The van der Waals surface area contributed by atoms with Crippen molar-refractivity contribution in [2.24, 2.45) is 0 Å². The number of carbonyl (C=O) groups excluding carboxylic acids is 1. The van der Waals surface area contributed by atoms with Crippen LogP contribution in [0.4, 0.5) is 4.79 Å². The van der Waals surface area contributed by atoms with Crippen molar-refractivity contribution >= 4 is 6.16 Å². The van der Waals surface area contributed by atoms with Crippen LogP contribution in [0.15, 0.2) is 12.2 Å². The molecule has 0 aromatic heterocycles. The Morgan fingerprint density at radius 1 is 1.50 bits per heavy atom. The van der Waals surface area contributed by atoms with Crippen LogP contribution in [0.2, 0.25) is 0 Å². The number of hydrogen-bond donors (Lipinski definition) is 0. The Labute approximate surface area is 60.6 Å². The lowest BCUT2D eigenvalue weighted by Gasteiger charge is -2.02. The Bertz CT molecular complexity index is 129. The van der Waals surface area contributed by atoms with E-state index in [0.717, 1.165) is 5.57 Å². The van der Waals surface area contributed by atoms with E-state index >= 15 is 0 Å². The molecule has 0 amide bonds. The third-order valence-electron chi connectivity index (χ3n) is 0.699. The molecule has 0 spiro atoms. The number of ether oxygens (including phenoxy) is 2. The first-order valence-corrected chi connectivity index (χ1v) is 3.10. The summed E-state index contributed by atoms with van der Waals surface area (Å²) in [6.45, 7) is 7.63. The molecule has 10 heavy (non-hydrogen) atoms. The van der Waals surface area contributed by atoms with Crippen molar-refractivity contribution < 1.29 is 14.3 Å². The molecule has 0 rings (SSSR count). The van der Waals surface area contributed by atoms with Gasteiger partial charge in [0.05, 0.1) is 6.61 Å². The average molecular weight is 144 g/mol. The lowest BCUT2D eigenvalue weighted by molar-refractivity contribution is 0.0656. The topological polar surface area (TPSA) is 35.5 Å². The summed E-state index contributed by atoms with van der Waals surface area (Å²) in [5.41, 5.74) is 0.799. The minimum absolute atomic E-state index is 0.235. The van der Waals surface area contributed by atoms with Crippen molar-refractivity contribution in [2.75, 3.05) is 13.2 Å². The Balaban J connectivity index is 3.30. The molecule has 0 saturated heterocycles. The van der Waals surface area contributed by atoms with Crippen LogP contribution in [-0.4, -0.2) is 19.4 Å². The smallest absolute Gasteiger partial charge is 0.435 e. The maximum absolute atomic E-state index is 10.5. The Hall–Kier alpha value is -0.990. The van der Waals surface area contributed by atoms with Crippen molar-refractivity contribution in [3.63, 3.8) is 0 Å². The second kappa shape index (κ2) is 4.85. The molecule has 3 nitrogen and oxygen atoms in total. The van der Waals surface area contributed by atoms with Gasteiger partial charge in [0.25, 0.3) is 0 Å². The van der Waals surface area contributed by atoms with Crippen molar-refractivity contribution in [3.05, 3.63) is 12.2 Å². The Morgan fingerprint density at radius 2 is 2.10 bits per heavy atom. The van der Waals surface area contributed by atoms with Crippen LogP contribution < -0.4 is 0 Å². The molecule has 0 fully saturated rings. The second-order valence-corrected chi connectivity index (χ2v) is 1.93. The molecule has 0 unspecified atom stereocenters. The second-order valence-electron chi connectivity index (χ2n) is 1.93. The normalized spacial score (nSPS) is 8.60. The van der Waals surface area contributed by atoms with Crippen molar-refractivity contribution in [2.45, 2.75) is 13.8 Å². The van der Waals surface area contributed by atoms with Gasteiger partial charge < -0.3 is 9.47 Å². The first-order chi connectivity index (χ1) is 4.66. The van der Waals surface area contributed by atoms with Gasteiger partial charge in [-0.25, -0.2) is 4.79 Å². The van der Waals surface area contributed by atoms with Crippen molar-refractivity contribution in [1.82, 2.24) is 0 Å². The van der Waals surface area contributed by atoms with Gasteiger partial charge in [0.15, 0.2) is 0 Å². The molecule has 0 saturated carbocycles. The molecule has 0 heterocycles. The van der Waals surface area contributed by atoms with Gasteiger partial charge in [0.2, 0.25) is 0 Å². The van der Waals surface area contributed by atoms with Crippen LogP contribution in [0.3, 0.4) is 0 Å². The highest BCUT2D eigenvalue weighted by Crippen LogP contribution is 1.90.